The number of piperidine rings is 1. The van der Waals surface area contributed by atoms with Gasteiger partial charge < -0.3 is 14.0 Å². The molecule has 19 heavy (non-hydrogen) atoms. The number of nitrogens with zero attached hydrogens (tertiary/aromatic N) is 2. The quantitative estimate of drug-likeness (QED) is 0.834. The fourth-order valence-electron chi connectivity index (χ4n) is 3.29. The molecule has 0 saturated carbocycles. The first-order valence-electron chi connectivity index (χ1n) is 7.00. The molecule has 0 aliphatic carbocycles. The van der Waals surface area contributed by atoms with E-state index in [1.54, 1.807) is 7.11 Å². The van der Waals surface area contributed by atoms with Crippen molar-refractivity contribution in [1.82, 2.24) is 10.1 Å². The molecule has 5 heteroatoms. The van der Waals surface area contributed by atoms with Crippen LogP contribution in [0.1, 0.15) is 30.7 Å². The van der Waals surface area contributed by atoms with Crippen LogP contribution >= 0.6 is 0 Å². The third-order valence-corrected chi connectivity index (χ3v) is 4.19. The van der Waals surface area contributed by atoms with Crippen LogP contribution in [0.3, 0.4) is 0 Å². The molecule has 2 aliphatic heterocycles. The minimum absolute atomic E-state index is 0.00227. The standard InChI is InChI=1S/C14H22N2O3/c1-11-6-12(15-19-11)8-16-5-3-4-14(10-16)7-13(17-2)9-18-14/h6,13H,3-5,7-10H2,1-2H3/t13-,14-/m0/s1. The van der Waals surface area contributed by atoms with Crippen LogP contribution in [-0.4, -0.2) is 48.6 Å². The van der Waals surface area contributed by atoms with Crippen molar-refractivity contribution < 1.29 is 14.0 Å². The number of methoxy groups -OCH3 is 1. The minimum Gasteiger partial charge on any atom is -0.379 e. The van der Waals surface area contributed by atoms with E-state index in [2.05, 4.69) is 10.1 Å². The van der Waals surface area contributed by atoms with Gasteiger partial charge in [-0.05, 0) is 26.3 Å². The van der Waals surface area contributed by atoms with Crippen molar-refractivity contribution in [2.75, 3.05) is 26.8 Å². The molecular weight excluding hydrogens is 244 g/mol. The molecule has 0 N–H and O–H groups in total. The minimum atomic E-state index is -0.00227. The highest BCUT2D eigenvalue weighted by molar-refractivity contribution is 5.04. The van der Waals surface area contributed by atoms with Crippen LogP contribution in [0.5, 0.6) is 0 Å². The number of rotatable bonds is 3. The number of aryl methyl sites for hydroxylation is 1. The molecular formula is C14H22N2O3. The van der Waals surface area contributed by atoms with Crippen LogP contribution in [0.15, 0.2) is 10.6 Å². The number of hydrogen-bond acceptors (Lipinski definition) is 5. The van der Waals surface area contributed by atoms with Gasteiger partial charge in [-0.1, -0.05) is 5.16 Å². The number of likely N-dealkylation sites (tertiary alicyclic amines) is 1. The summed E-state index contributed by atoms with van der Waals surface area (Å²) in [5.74, 6) is 0.873. The van der Waals surface area contributed by atoms with Crippen LogP contribution in [-0.2, 0) is 16.0 Å². The van der Waals surface area contributed by atoms with Crippen LogP contribution in [0, 0.1) is 6.92 Å². The van der Waals surface area contributed by atoms with Gasteiger partial charge in [0.1, 0.15) is 5.76 Å². The Morgan fingerprint density at radius 2 is 2.47 bits per heavy atom. The summed E-state index contributed by atoms with van der Waals surface area (Å²) in [6.45, 7) is 5.58. The van der Waals surface area contributed by atoms with E-state index in [0.717, 1.165) is 50.5 Å². The summed E-state index contributed by atoms with van der Waals surface area (Å²) in [7, 11) is 1.77. The summed E-state index contributed by atoms with van der Waals surface area (Å²) in [6.07, 6.45) is 3.58. The summed E-state index contributed by atoms with van der Waals surface area (Å²) < 4.78 is 16.6. The van der Waals surface area contributed by atoms with E-state index in [1.807, 2.05) is 13.0 Å². The average Bonchev–Trinajstić information content (AvgIpc) is 2.97. The second kappa shape index (κ2) is 5.23. The maximum Gasteiger partial charge on any atom is 0.133 e. The Morgan fingerprint density at radius 1 is 1.58 bits per heavy atom. The van der Waals surface area contributed by atoms with Crippen molar-refractivity contribution in [3.05, 3.63) is 17.5 Å². The van der Waals surface area contributed by atoms with Crippen molar-refractivity contribution in [3.63, 3.8) is 0 Å². The van der Waals surface area contributed by atoms with Gasteiger partial charge in [-0.3, -0.25) is 4.90 Å². The SMILES string of the molecule is CO[C@@H]1CO[C@@]2(CCCN(Cc3cc(C)on3)C2)C1. The predicted octanol–water partition coefficient (Wildman–Crippen LogP) is 1.75. The third-order valence-electron chi connectivity index (χ3n) is 4.19. The van der Waals surface area contributed by atoms with E-state index in [1.165, 1.54) is 6.42 Å². The lowest BCUT2D eigenvalue weighted by atomic mass is 9.89. The van der Waals surface area contributed by atoms with E-state index in [4.69, 9.17) is 14.0 Å². The topological polar surface area (TPSA) is 47.7 Å². The molecule has 0 aromatic carbocycles. The lowest BCUT2D eigenvalue weighted by Gasteiger charge is -2.39. The molecule has 1 aromatic heterocycles. The maximum absolute atomic E-state index is 6.05. The summed E-state index contributed by atoms with van der Waals surface area (Å²) in [6, 6.07) is 2.01. The van der Waals surface area contributed by atoms with Gasteiger partial charge in [0.2, 0.25) is 0 Å². The van der Waals surface area contributed by atoms with Crippen molar-refractivity contribution in [2.24, 2.45) is 0 Å². The zero-order chi connectivity index (χ0) is 13.3. The van der Waals surface area contributed by atoms with E-state index >= 15 is 0 Å². The van der Waals surface area contributed by atoms with E-state index in [0.29, 0.717) is 0 Å². The fourth-order valence-corrected chi connectivity index (χ4v) is 3.29. The highest BCUT2D eigenvalue weighted by Gasteiger charge is 2.43. The number of ether oxygens (including phenoxy) is 2. The van der Waals surface area contributed by atoms with Gasteiger partial charge in [-0.25, -0.2) is 0 Å². The van der Waals surface area contributed by atoms with Crippen molar-refractivity contribution >= 4 is 0 Å². The molecule has 1 aromatic rings. The second-order valence-corrected chi connectivity index (χ2v) is 5.80. The largest absolute Gasteiger partial charge is 0.379 e. The zero-order valence-corrected chi connectivity index (χ0v) is 11.7. The van der Waals surface area contributed by atoms with Crippen molar-refractivity contribution in [2.45, 2.75) is 44.4 Å². The molecule has 2 fully saturated rings. The highest BCUT2D eigenvalue weighted by Crippen LogP contribution is 2.35. The van der Waals surface area contributed by atoms with Gasteiger partial charge in [-0.15, -0.1) is 0 Å². The van der Waals surface area contributed by atoms with Crippen LogP contribution < -0.4 is 0 Å². The first-order chi connectivity index (χ1) is 9.19. The van der Waals surface area contributed by atoms with Gasteiger partial charge >= 0.3 is 0 Å². The lowest BCUT2D eigenvalue weighted by Crippen LogP contribution is -2.47. The maximum atomic E-state index is 6.05. The second-order valence-electron chi connectivity index (χ2n) is 5.80. The summed E-state index contributed by atoms with van der Waals surface area (Å²) in [5.41, 5.74) is 1.01. The molecule has 2 atom stereocenters. The molecule has 1 spiro atoms. The average molecular weight is 266 g/mol. The Morgan fingerprint density at radius 3 is 3.16 bits per heavy atom. The smallest absolute Gasteiger partial charge is 0.133 e. The Labute approximate surface area is 113 Å². The monoisotopic (exact) mass is 266 g/mol. The molecule has 0 unspecified atom stereocenters. The molecule has 0 amide bonds. The summed E-state index contributed by atoms with van der Waals surface area (Å²) >= 11 is 0. The van der Waals surface area contributed by atoms with Gasteiger partial charge in [0.25, 0.3) is 0 Å². The molecule has 5 nitrogen and oxygen atoms in total. The predicted molar refractivity (Wildman–Crippen MR) is 69.8 cm³/mol. The van der Waals surface area contributed by atoms with Crippen LogP contribution in [0.25, 0.3) is 0 Å². The van der Waals surface area contributed by atoms with Gasteiger partial charge in [-0.2, -0.15) is 0 Å². The van der Waals surface area contributed by atoms with Crippen LogP contribution in [0.4, 0.5) is 0 Å². The van der Waals surface area contributed by atoms with Gasteiger partial charge in [0, 0.05) is 32.7 Å². The van der Waals surface area contributed by atoms with Gasteiger partial charge in [0.15, 0.2) is 0 Å². The summed E-state index contributed by atoms with van der Waals surface area (Å²) in [4.78, 5) is 2.42. The third kappa shape index (κ3) is 2.83. The number of aromatic nitrogens is 1. The number of hydrogen-bond donors (Lipinski definition) is 0. The molecule has 106 valence electrons. The van der Waals surface area contributed by atoms with Crippen molar-refractivity contribution in [3.8, 4) is 0 Å². The van der Waals surface area contributed by atoms with Gasteiger partial charge in [0.05, 0.1) is 24.0 Å². The summed E-state index contributed by atoms with van der Waals surface area (Å²) in [5, 5.41) is 4.07. The molecule has 0 radical (unpaired) electrons. The Kier molecular flexibility index (Phi) is 3.60. The Balaban J connectivity index is 1.62. The molecule has 3 rings (SSSR count). The van der Waals surface area contributed by atoms with Crippen LogP contribution in [0.2, 0.25) is 0 Å². The molecule has 3 heterocycles. The first-order valence-corrected chi connectivity index (χ1v) is 7.00. The van der Waals surface area contributed by atoms with E-state index in [-0.39, 0.29) is 11.7 Å². The lowest BCUT2D eigenvalue weighted by molar-refractivity contribution is -0.0546. The molecule has 0 bridgehead atoms. The van der Waals surface area contributed by atoms with Crippen molar-refractivity contribution in [1.29, 1.82) is 0 Å². The van der Waals surface area contributed by atoms with E-state index in [9.17, 15) is 0 Å². The Hall–Kier alpha value is -0.910. The normalized spacial score (nSPS) is 32.2. The van der Waals surface area contributed by atoms with E-state index < -0.39 is 0 Å². The molecule has 2 aliphatic rings. The highest BCUT2D eigenvalue weighted by atomic mass is 16.6. The zero-order valence-electron chi connectivity index (χ0n) is 11.7. The Bertz CT molecular complexity index is 434. The molecule has 2 saturated heterocycles. The fraction of sp³-hybridized carbons (Fsp3) is 0.786. The first kappa shape index (κ1) is 13.1.